The van der Waals surface area contributed by atoms with Crippen LogP contribution in [0, 0.1) is 0 Å². The average Bonchev–Trinajstić information content (AvgIpc) is 2.53. The van der Waals surface area contributed by atoms with Crippen molar-refractivity contribution in [2.75, 3.05) is 0 Å². The van der Waals surface area contributed by atoms with E-state index in [9.17, 15) is 22.0 Å². The molecule has 0 aliphatic rings. The minimum atomic E-state index is -4.56. The lowest BCUT2D eigenvalue weighted by atomic mass is 10.2. The highest BCUT2D eigenvalue weighted by atomic mass is 19.4. The summed E-state index contributed by atoms with van der Waals surface area (Å²) in [6.07, 6.45) is -4.56. The van der Waals surface area contributed by atoms with Crippen LogP contribution < -0.4 is 9.52 Å². The molecule has 0 unspecified atom stereocenters. The molecule has 0 atom stereocenters. The molecule has 0 radical (unpaired) electrons. The maximum atomic E-state index is 12.5. The van der Waals surface area contributed by atoms with Crippen molar-refractivity contribution < 1.29 is 31.5 Å². The Morgan fingerprint density at radius 3 is 2.56 bits per heavy atom. The number of benzene rings is 1. The number of nitrogens with zero attached hydrogens (tertiary/aromatic N) is 3. The van der Waals surface area contributed by atoms with Gasteiger partial charge in [0.1, 0.15) is 12.3 Å². The van der Waals surface area contributed by atoms with Gasteiger partial charge in [0.2, 0.25) is 11.0 Å². The summed E-state index contributed by atoms with van der Waals surface area (Å²) in [6.45, 7) is -3.18. The summed E-state index contributed by atoms with van der Waals surface area (Å²) in [6, 6.07) is 2.68. The molecular weight excluding hydrogens is 261 g/mol. The van der Waals surface area contributed by atoms with Gasteiger partial charge in [0.05, 0.1) is 10.4 Å². The number of fused-ring (bicyclic) bond motifs is 1. The van der Waals surface area contributed by atoms with E-state index >= 15 is 0 Å². The lowest BCUT2D eigenvalue weighted by Gasteiger charge is -2.04. The molecule has 0 bridgehead atoms. The number of alkyl halides is 5. The van der Waals surface area contributed by atoms with Crippen LogP contribution in [0.2, 0.25) is 0 Å². The standard InChI is InChI=1S/C9H7F5N3O/c1-16-6-3-2-5(9(12,13)14)4-7(6)17(15-16)18-8(10)11/h2-4,8H,1H3/q+1. The van der Waals surface area contributed by atoms with Crippen molar-refractivity contribution in [1.29, 1.82) is 0 Å². The van der Waals surface area contributed by atoms with E-state index in [0.29, 0.717) is 10.9 Å². The predicted molar refractivity (Wildman–Crippen MR) is 48.5 cm³/mol. The van der Waals surface area contributed by atoms with Crippen molar-refractivity contribution in [2.45, 2.75) is 12.8 Å². The molecule has 1 aromatic heterocycles. The third-order valence-electron chi connectivity index (χ3n) is 2.25. The normalized spacial score (nSPS) is 12.4. The van der Waals surface area contributed by atoms with Crippen molar-refractivity contribution in [2.24, 2.45) is 7.05 Å². The summed E-state index contributed by atoms with van der Waals surface area (Å²) in [7, 11) is 1.40. The largest absolute Gasteiger partial charge is 0.429 e. The molecule has 2 rings (SSSR count). The van der Waals surface area contributed by atoms with E-state index in [2.05, 4.69) is 10.1 Å². The molecule has 0 N–H and O–H groups in total. The summed E-state index contributed by atoms with van der Waals surface area (Å²) < 4.78 is 62.8. The van der Waals surface area contributed by atoms with Crippen LogP contribution in [0.5, 0.6) is 0 Å². The van der Waals surface area contributed by atoms with Crippen LogP contribution in [0.1, 0.15) is 5.56 Å². The molecule has 1 heterocycles. The molecule has 9 heteroatoms. The van der Waals surface area contributed by atoms with Gasteiger partial charge in [0, 0.05) is 6.07 Å². The zero-order valence-electron chi connectivity index (χ0n) is 8.95. The molecule has 0 saturated carbocycles. The van der Waals surface area contributed by atoms with Gasteiger partial charge in [-0.3, -0.25) is 0 Å². The van der Waals surface area contributed by atoms with Gasteiger partial charge in [-0.15, -0.1) is 4.68 Å². The van der Waals surface area contributed by atoms with Crippen molar-refractivity contribution >= 4 is 11.0 Å². The Bertz CT molecular complexity index is 577. The van der Waals surface area contributed by atoms with Crippen LogP contribution >= 0.6 is 0 Å². The highest BCUT2D eigenvalue weighted by Gasteiger charge is 2.33. The van der Waals surface area contributed by atoms with Gasteiger partial charge in [-0.05, 0) is 12.1 Å². The molecule has 2 aromatic rings. The van der Waals surface area contributed by atoms with Crippen LogP contribution in [0.4, 0.5) is 22.0 Å². The first-order valence-corrected chi connectivity index (χ1v) is 4.70. The monoisotopic (exact) mass is 268 g/mol. The number of halogens is 5. The molecule has 98 valence electrons. The third kappa shape index (κ3) is 2.20. The molecule has 18 heavy (non-hydrogen) atoms. The molecule has 0 spiro atoms. The maximum Gasteiger partial charge on any atom is 0.429 e. The molecule has 0 aliphatic carbocycles. The van der Waals surface area contributed by atoms with E-state index in [-0.39, 0.29) is 11.0 Å². The van der Waals surface area contributed by atoms with Crippen molar-refractivity contribution in [1.82, 2.24) is 10.1 Å². The molecule has 0 aliphatic heterocycles. The third-order valence-corrected chi connectivity index (χ3v) is 2.25. The fraction of sp³-hybridized carbons (Fsp3) is 0.333. The topological polar surface area (TPSA) is 30.9 Å². The number of aryl methyl sites for hydroxylation is 1. The Balaban J connectivity index is 2.59. The van der Waals surface area contributed by atoms with Crippen LogP contribution in [0.15, 0.2) is 18.2 Å². The quantitative estimate of drug-likeness (QED) is 0.611. The second-order valence-corrected chi connectivity index (χ2v) is 3.45. The van der Waals surface area contributed by atoms with E-state index in [0.717, 1.165) is 16.8 Å². The average molecular weight is 268 g/mol. The van der Waals surface area contributed by atoms with Gasteiger partial charge in [0.25, 0.3) is 0 Å². The van der Waals surface area contributed by atoms with Crippen molar-refractivity contribution in [3.05, 3.63) is 23.8 Å². The maximum absolute atomic E-state index is 12.5. The van der Waals surface area contributed by atoms with Crippen molar-refractivity contribution in [3.63, 3.8) is 0 Å². The summed E-state index contributed by atoms with van der Waals surface area (Å²) in [5, 5.41) is 3.52. The van der Waals surface area contributed by atoms with Gasteiger partial charge >= 0.3 is 12.8 Å². The van der Waals surface area contributed by atoms with Crippen LogP contribution in [0.3, 0.4) is 0 Å². The fourth-order valence-corrected chi connectivity index (χ4v) is 1.50. The lowest BCUT2D eigenvalue weighted by Crippen LogP contribution is -2.33. The first kappa shape index (κ1) is 12.5. The van der Waals surface area contributed by atoms with Gasteiger partial charge in [0.15, 0.2) is 0 Å². The minimum absolute atomic E-state index is 0.187. The SMILES string of the molecule is C[n+]1nn(OC(F)F)c2cc(C(F)(F)F)ccc21. The lowest BCUT2D eigenvalue weighted by molar-refractivity contribution is -0.711. The highest BCUT2D eigenvalue weighted by molar-refractivity contribution is 5.72. The number of hydrogen-bond acceptors (Lipinski definition) is 2. The summed E-state index contributed by atoms with van der Waals surface area (Å²) >= 11 is 0. The van der Waals surface area contributed by atoms with Gasteiger partial charge in [-0.1, -0.05) is 0 Å². The number of aromatic nitrogens is 3. The Kier molecular flexibility index (Phi) is 2.83. The van der Waals surface area contributed by atoms with Crippen molar-refractivity contribution in [3.8, 4) is 0 Å². The van der Waals surface area contributed by atoms with E-state index in [1.807, 2.05) is 0 Å². The number of hydrogen-bond donors (Lipinski definition) is 0. The first-order chi connectivity index (χ1) is 8.29. The fourth-order valence-electron chi connectivity index (χ4n) is 1.50. The molecule has 1 aromatic carbocycles. The Morgan fingerprint density at radius 1 is 1.33 bits per heavy atom. The van der Waals surface area contributed by atoms with Crippen LogP contribution in [-0.4, -0.2) is 16.7 Å². The van der Waals surface area contributed by atoms with E-state index in [1.165, 1.54) is 7.05 Å². The smallest absolute Gasteiger partial charge is 0.240 e. The minimum Gasteiger partial charge on any atom is -0.240 e. The van der Waals surface area contributed by atoms with Gasteiger partial charge in [-0.25, -0.2) is 4.84 Å². The van der Waals surface area contributed by atoms with Gasteiger partial charge < -0.3 is 0 Å². The molecule has 0 saturated heterocycles. The molecule has 0 amide bonds. The Labute approximate surface area is 97.1 Å². The second-order valence-electron chi connectivity index (χ2n) is 3.45. The van der Waals surface area contributed by atoms with E-state index in [1.54, 1.807) is 0 Å². The van der Waals surface area contributed by atoms with Crippen LogP contribution in [0.25, 0.3) is 11.0 Å². The molecular formula is C9H7F5N3O+. The molecule has 4 nitrogen and oxygen atoms in total. The zero-order chi connectivity index (χ0) is 13.5. The Morgan fingerprint density at radius 2 is 2.00 bits per heavy atom. The second kappa shape index (κ2) is 4.07. The van der Waals surface area contributed by atoms with Gasteiger partial charge in [-0.2, -0.15) is 22.0 Å². The molecule has 0 fully saturated rings. The van der Waals surface area contributed by atoms with E-state index < -0.39 is 18.4 Å². The van der Waals surface area contributed by atoms with E-state index in [4.69, 9.17) is 0 Å². The highest BCUT2D eigenvalue weighted by Crippen LogP contribution is 2.30. The van der Waals surface area contributed by atoms with Crippen LogP contribution in [-0.2, 0) is 13.2 Å². The summed E-state index contributed by atoms with van der Waals surface area (Å²) in [5.74, 6) is 0. The number of rotatable bonds is 2. The first-order valence-electron chi connectivity index (χ1n) is 4.70. The Hall–Kier alpha value is -1.93. The summed E-state index contributed by atoms with van der Waals surface area (Å²) in [5.41, 5.74) is -0.911. The zero-order valence-corrected chi connectivity index (χ0v) is 8.95. The predicted octanol–water partition coefficient (Wildman–Crippen LogP) is 1.53. The summed E-state index contributed by atoms with van der Waals surface area (Å²) in [4.78, 5) is 4.37.